The van der Waals surface area contributed by atoms with Crippen LogP contribution in [0.2, 0.25) is 0 Å². The predicted octanol–water partition coefficient (Wildman–Crippen LogP) is 2.26. The van der Waals surface area contributed by atoms with Gasteiger partial charge in [0.05, 0.1) is 11.0 Å². The van der Waals surface area contributed by atoms with Crippen LogP contribution in [0.5, 0.6) is 0 Å². The molecule has 2 N–H and O–H groups in total. The molecular weight excluding hydrogens is 376 g/mol. The molecular formula is C20H30N4O3S. The third-order valence-corrected chi connectivity index (χ3v) is 6.60. The molecule has 0 aromatic heterocycles. The van der Waals surface area contributed by atoms with Crippen LogP contribution < -0.4 is 10.0 Å². The van der Waals surface area contributed by atoms with Crippen LogP contribution in [-0.4, -0.2) is 51.9 Å². The van der Waals surface area contributed by atoms with E-state index in [1.54, 1.807) is 0 Å². The highest BCUT2D eigenvalue weighted by molar-refractivity contribution is 7.89. The Bertz CT molecular complexity index is 766. The molecule has 0 spiro atoms. The van der Waals surface area contributed by atoms with Gasteiger partial charge in [-0.2, -0.15) is 5.26 Å². The Morgan fingerprint density at radius 2 is 1.86 bits per heavy atom. The Balaban J connectivity index is 1.75. The fraction of sp³-hybridized carbons (Fsp3) is 0.600. The van der Waals surface area contributed by atoms with Crippen LogP contribution in [-0.2, 0) is 10.0 Å². The molecule has 0 unspecified atom stereocenters. The molecule has 2 rings (SSSR count). The van der Waals surface area contributed by atoms with Gasteiger partial charge in [0.15, 0.2) is 0 Å². The molecule has 1 saturated carbocycles. The summed E-state index contributed by atoms with van der Waals surface area (Å²) in [5, 5.41) is 11.4. The van der Waals surface area contributed by atoms with E-state index in [2.05, 4.69) is 22.0 Å². The van der Waals surface area contributed by atoms with Gasteiger partial charge in [0.25, 0.3) is 5.91 Å². The second-order valence-corrected chi connectivity index (χ2v) is 8.98. The molecule has 8 heteroatoms. The van der Waals surface area contributed by atoms with Crippen LogP contribution in [0.1, 0.15) is 55.3 Å². The molecule has 1 amide bonds. The summed E-state index contributed by atoms with van der Waals surface area (Å²) in [5.74, 6) is -0.207. The molecule has 0 aliphatic heterocycles. The lowest BCUT2D eigenvalue weighted by Gasteiger charge is -2.31. The molecule has 0 bridgehead atoms. The Morgan fingerprint density at radius 1 is 1.18 bits per heavy atom. The van der Waals surface area contributed by atoms with Crippen LogP contribution >= 0.6 is 0 Å². The van der Waals surface area contributed by atoms with Gasteiger partial charge in [0.1, 0.15) is 0 Å². The van der Waals surface area contributed by atoms with Crippen molar-refractivity contribution in [3.8, 4) is 6.07 Å². The number of nitriles is 1. The summed E-state index contributed by atoms with van der Waals surface area (Å²) < 4.78 is 26.5. The average Bonchev–Trinajstić information content (AvgIpc) is 2.71. The molecule has 28 heavy (non-hydrogen) atoms. The topological polar surface area (TPSA) is 102 Å². The van der Waals surface area contributed by atoms with E-state index in [9.17, 15) is 13.2 Å². The van der Waals surface area contributed by atoms with E-state index in [1.807, 2.05) is 6.07 Å². The van der Waals surface area contributed by atoms with Gasteiger partial charge in [-0.3, -0.25) is 4.79 Å². The number of carbonyl (C=O) groups is 1. The van der Waals surface area contributed by atoms with E-state index in [0.29, 0.717) is 18.2 Å². The lowest BCUT2D eigenvalue weighted by Crippen LogP contribution is -2.35. The maximum Gasteiger partial charge on any atom is 0.251 e. The first-order valence-electron chi connectivity index (χ1n) is 9.89. The smallest absolute Gasteiger partial charge is 0.251 e. The molecule has 1 aliphatic rings. The highest BCUT2D eigenvalue weighted by atomic mass is 32.2. The Hall–Kier alpha value is -1.95. The van der Waals surface area contributed by atoms with Crippen molar-refractivity contribution in [3.05, 3.63) is 29.8 Å². The number of nitrogens with zero attached hydrogens (tertiary/aromatic N) is 2. The molecule has 7 nitrogen and oxygen atoms in total. The molecule has 0 atom stereocenters. The number of rotatable bonds is 10. The minimum atomic E-state index is -3.65. The maximum atomic E-state index is 12.2. The zero-order valence-electron chi connectivity index (χ0n) is 16.5. The molecule has 1 aliphatic carbocycles. The van der Waals surface area contributed by atoms with Crippen molar-refractivity contribution in [3.63, 3.8) is 0 Å². The fourth-order valence-electron chi connectivity index (χ4n) is 3.45. The van der Waals surface area contributed by atoms with Crippen LogP contribution in [0.15, 0.2) is 29.2 Å². The van der Waals surface area contributed by atoms with Gasteiger partial charge < -0.3 is 10.2 Å². The lowest BCUT2D eigenvalue weighted by molar-refractivity contribution is 0.0950. The van der Waals surface area contributed by atoms with Crippen molar-refractivity contribution in [2.24, 2.45) is 0 Å². The SMILES string of the molecule is CN(CCCNC(=O)c1ccc(S(=O)(=O)NCCC#N)cc1)C1CCCCC1. The number of amides is 1. The molecule has 0 radical (unpaired) electrons. The lowest BCUT2D eigenvalue weighted by atomic mass is 9.94. The molecule has 1 aromatic carbocycles. The summed E-state index contributed by atoms with van der Waals surface area (Å²) in [6.45, 7) is 1.61. The van der Waals surface area contributed by atoms with Crippen LogP contribution in [0.4, 0.5) is 0 Å². The molecule has 0 saturated heterocycles. The average molecular weight is 407 g/mol. The monoisotopic (exact) mass is 406 g/mol. The second-order valence-electron chi connectivity index (χ2n) is 7.21. The number of nitrogens with one attached hydrogen (secondary N) is 2. The molecule has 1 aromatic rings. The van der Waals surface area contributed by atoms with Crippen molar-refractivity contribution in [1.29, 1.82) is 5.26 Å². The minimum Gasteiger partial charge on any atom is -0.352 e. The zero-order chi connectivity index (χ0) is 20.4. The summed E-state index contributed by atoms with van der Waals surface area (Å²) in [5.41, 5.74) is 0.427. The van der Waals surface area contributed by atoms with E-state index in [1.165, 1.54) is 56.4 Å². The number of hydrogen-bond donors (Lipinski definition) is 2. The Kier molecular flexibility index (Phi) is 8.90. The first-order chi connectivity index (χ1) is 13.4. The van der Waals surface area contributed by atoms with Crippen molar-refractivity contribution < 1.29 is 13.2 Å². The van der Waals surface area contributed by atoms with Crippen molar-refractivity contribution >= 4 is 15.9 Å². The zero-order valence-corrected chi connectivity index (χ0v) is 17.3. The van der Waals surface area contributed by atoms with Crippen LogP contribution in [0.25, 0.3) is 0 Å². The predicted molar refractivity (Wildman–Crippen MR) is 108 cm³/mol. The van der Waals surface area contributed by atoms with Crippen molar-refractivity contribution in [2.45, 2.75) is 55.9 Å². The summed E-state index contributed by atoms with van der Waals surface area (Å²) in [6, 6.07) is 8.36. The van der Waals surface area contributed by atoms with E-state index in [0.717, 1.165) is 13.0 Å². The molecule has 0 heterocycles. The number of carbonyl (C=O) groups excluding carboxylic acids is 1. The van der Waals surface area contributed by atoms with Gasteiger partial charge in [-0.15, -0.1) is 0 Å². The number of hydrogen-bond acceptors (Lipinski definition) is 5. The molecule has 154 valence electrons. The van der Waals surface area contributed by atoms with Crippen LogP contribution in [0.3, 0.4) is 0 Å². The van der Waals surface area contributed by atoms with Crippen molar-refractivity contribution in [1.82, 2.24) is 14.9 Å². The van der Waals surface area contributed by atoms with Gasteiger partial charge >= 0.3 is 0 Å². The van der Waals surface area contributed by atoms with E-state index >= 15 is 0 Å². The van der Waals surface area contributed by atoms with E-state index in [4.69, 9.17) is 5.26 Å². The first kappa shape index (κ1) is 22.3. The standard InChI is InChI=1S/C20H30N4O3S/c1-24(18-7-3-2-4-8-18)16-6-14-22-20(25)17-9-11-19(12-10-17)28(26,27)23-15-5-13-21/h9-12,18,23H,2-8,14-16H2,1H3,(H,22,25). The van der Waals surface area contributed by atoms with Crippen molar-refractivity contribution in [2.75, 3.05) is 26.7 Å². The van der Waals surface area contributed by atoms with E-state index in [-0.39, 0.29) is 23.8 Å². The van der Waals surface area contributed by atoms with Gasteiger partial charge in [-0.25, -0.2) is 13.1 Å². The largest absolute Gasteiger partial charge is 0.352 e. The minimum absolute atomic E-state index is 0.0658. The highest BCUT2D eigenvalue weighted by Gasteiger charge is 2.17. The van der Waals surface area contributed by atoms with Crippen LogP contribution in [0, 0.1) is 11.3 Å². The van der Waals surface area contributed by atoms with E-state index < -0.39 is 10.0 Å². The fourth-order valence-corrected chi connectivity index (χ4v) is 4.48. The summed E-state index contributed by atoms with van der Waals surface area (Å²) in [6.07, 6.45) is 7.49. The first-order valence-corrected chi connectivity index (χ1v) is 11.4. The summed E-state index contributed by atoms with van der Waals surface area (Å²) in [7, 11) is -1.50. The van der Waals surface area contributed by atoms with Gasteiger partial charge in [-0.05, 0) is 57.1 Å². The summed E-state index contributed by atoms with van der Waals surface area (Å²) in [4.78, 5) is 14.7. The Labute approximate surface area is 168 Å². The van der Waals surface area contributed by atoms with Gasteiger partial charge in [0.2, 0.25) is 10.0 Å². The Morgan fingerprint density at radius 3 is 2.50 bits per heavy atom. The van der Waals surface area contributed by atoms with Gasteiger partial charge in [0, 0.05) is 31.1 Å². The third kappa shape index (κ3) is 6.89. The molecule has 1 fully saturated rings. The second kappa shape index (κ2) is 11.1. The third-order valence-electron chi connectivity index (χ3n) is 5.13. The summed E-state index contributed by atoms with van der Waals surface area (Å²) >= 11 is 0. The number of benzene rings is 1. The maximum absolute atomic E-state index is 12.2. The quantitative estimate of drug-likeness (QED) is 0.580. The highest BCUT2D eigenvalue weighted by Crippen LogP contribution is 2.21. The van der Waals surface area contributed by atoms with Gasteiger partial charge in [-0.1, -0.05) is 19.3 Å². The number of sulfonamides is 1. The normalized spacial score (nSPS) is 15.3.